The van der Waals surface area contributed by atoms with Crippen molar-refractivity contribution in [2.24, 2.45) is 10.2 Å². The number of rotatable bonds is 6. The fourth-order valence-corrected chi connectivity index (χ4v) is 4.89. The van der Waals surface area contributed by atoms with Gasteiger partial charge in [-0.1, -0.05) is 53.2 Å². The van der Waals surface area contributed by atoms with E-state index in [1.165, 1.54) is 32.2 Å². The first-order valence-corrected chi connectivity index (χ1v) is 12.8. The number of anilines is 1. The van der Waals surface area contributed by atoms with Crippen molar-refractivity contribution in [2.45, 2.75) is 11.8 Å². The Labute approximate surface area is 250 Å². The van der Waals surface area contributed by atoms with Crippen molar-refractivity contribution < 1.29 is 57.2 Å². The van der Waals surface area contributed by atoms with E-state index >= 15 is 0 Å². The minimum atomic E-state index is -4.58. The Balaban J connectivity index is 0.00000400. The number of benzene rings is 4. The van der Waals surface area contributed by atoms with Crippen molar-refractivity contribution in [3.05, 3.63) is 81.8 Å². The number of amides is 1. The molecule has 13 heteroatoms. The van der Waals surface area contributed by atoms with Crippen molar-refractivity contribution in [3.63, 3.8) is 0 Å². The number of ether oxygens (including phenoxy) is 1. The molecule has 4 aromatic carbocycles. The summed E-state index contributed by atoms with van der Waals surface area (Å²) in [6, 6.07) is 15.3. The fraction of sp³-hybridized carbons (Fsp3) is 0.0800. The molecule has 0 radical (unpaired) electrons. The van der Waals surface area contributed by atoms with Gasteiger partial charge < -0.3 is 15.2 Å². The van der Waals surface area contributed by atoms with Crippen LogP contribution in [-0.2, 0) is 10.1 Å². The molecule has 0 saturated heterocycles. The number of halogens is 2. The van der Waals surface area contributed by atoms with Crippen LogP contribution in [0.5, 0.6) is 11.5 Å². The van der Waals surface area contributed by atoms with Gasteiger partial charge in [-0.05, 0) is 54.3 Å². The summed E-state index contributed by atoms with van der Waals surface area (Å²) in [7, 11) is -3.12. The van der Waals surface area contributed by atoms with Crippen LogP contribution in [0.2, 0.25) is 10.0 Å². The predicted octanol–water partition coefficient (Wildman–Crippen LogP) is 3.46. The molecule has 0 aliphatic carbocycles. The summed E-state index contributed by atoms with van der Waals surface area (Å²) in [5, 5.41) is 25.3. The molecule has 0 fully saturated rings. The molecule has 0 aliphatic rings. The van der Waals surface area contributed by atoms with Crippen LogP contribution in [0, 0.1) is 6.92 Å². The van der Waals surface area contributed by atoms with Crippen molar-refractivity contribution in [2.75, 3.05) is 12.4 Å². The Morgan fingerprint density at radius 3 is 2.39 bits per heavy atom. The minimum absolute atomic E-state index is 0. The second-order valence-corrected chi connectivity index (χ2v) is 10.1. The first kappa shape index (κ1) is 29.9. The summed E-state index contributed by atoms with van der Waals surface area (Å²) in [5.41, 5.74) is 0.129. The third-order valence-electron chi connectivity index (χ3n) is 5.45. The van der Waals surface area contributed by atoms with Crippen LogP contribution in [0.25, 0.3) is 10.8 Å². The zero-order chi connectivity index (χ0) is 26.9. The van der Waals surface area contributed by atoms with E-state index in [0.717, 1.165) is 6.07 Å². The van der Waals surface area contributed by atoms with Gasteiger partial charge in [-0.3, -0.25) is 9.35 Å². The van der Waals surface area contributed by atoms with E-state index in [1.807, 2.05) is 0 Å². The Bertz CT molecular complexity index is 1700. The second-order valence-electron chi connectivity index (χ2n) is 7.85. The third kappa shape index (κ3) is 6.29. The SMILES string of the molecule is COc1ccc(NC(=O)c2cc3ccccc3c(N=Nc3cc(Cl)c(C)c(S(=O)(=O)O)c3)c2[O-])cc1Cl.[Na+]. The third-order valence-corrected chi connectivity index (χ3v) is 7.12. The quantitative estimate of drug-likeness (QED) is 0.203. The fourth-order valence-electron chi connectivity index (χ4n) is 3.59. The maximum Gasteiger partial charge on any atom is 1.00 e. The second kappa shape index (κ2) is 12.0. The van der Waals surface area contributed by atoms with Gasteiger partial charge in [0, 0.05) is 21.7 Å². The van der Waals surface area contributed by atoms with Crippen LogP contribution < -0.4 is 44.7 Å². The Morgan fingerprint density at radius 2 is 1.74 bits per heavy atom. The number of methoxy groups -OCH3 is 1. The number of hydrogen-bond donors (Lipinski definition) is 2. The number of nitrogens with zero attached hydrogens (tertiary/aromatic N) is 2. The number of nitrogens with one attached hydrogen (secondary N) is 1. The summed E-state index contributed by atoms with van der Waals surface area (Å²) >= 11 is 12.2. The minimum Gasteiger partial charge on any atom is -0.870 e. The normalized spacial score (nSPS) is 11.4. The topological polar surface area (TPSA) is 140 Å². The average Bonchev–Trinajstić information content (AvgIpc) is 2.84. The van der Waals surface area contributed by atoms with Crippen molar-refractivity contribution in [1.29, 1.82) is 0 Å². The average molecular weight is 582 g/mol. The van der Waals surface area contributed by atoms with Gasteiger partial charge in [-0.2, -0.15) is 18.6 Å². The van der Waals surface area contributed by atoms with Crippen LogP contribution in [0.1, 0.15) is 15.9 Å². The van der Waals surface area contributed by atoms with Crippen molar-refractivity contribution >= 4 is 67.1 Å². The molecule has 0 heterocycles. The molecule has 0 aromatic heterocycles. The molecule has 0 aliphatic heterocycles. The van der Waals surface area contributed by atoms with Gasteiger partial charge in [0.2, 0.25) is 0 Å². The van der Waals surface area contributed by atoms with Gasteiger partial charge in [-0.25, -0.2) is 0 Å². The molecule has 0 atom stereocenters. The van der Waals surface area contributed by atoms with E-state index in [9.17, 15) is 22.9 Å². The van der Waals surface area contributed by atoms with Crippen LogP contribution in [0.15, 0.2) is 75.8 Å². The predicted molar refractivity (Wildman–Crippen MR) is 140 cm³/mol. The Hall–Kier alpha value is -2.70. The standard InChI is InChI=1S/C25H19Cl2N3O6S.Na/c1-13-19(26)11-16(12-22(13)37(33,34)35)29-30-23-17-6-4-3-5-14(17)9-18(24(23)31)25(32)28-15-7-8-21(36-2)20(27)10-15;/h3-12,31H,1-2H3,(H,28,32)(H,33,34,35);/q;+1/p-1. The van der Waals surface area contributed by atoms with Crippen molar-refractivity contribution in [1.82, 2.24) is 0 Å². The zero-order valence-electron chi connectivity index (χ0n) is 20.3. The van der Waals surface area contributed by atoms with Gasteiger partial charge in [0.1, 0.15) is 10.6 Å². The molecule has 0 spiro atoms. The number of carbonyl (C=O) groups excluding carboxylic acids is 1. The molecule has 0 bridgehead atoms. The molecule has 1 amide bonds. The Morgan fingerprint density at radius 1 is 1.03 bits per heavy atom. The maximum atomic E-state index is 13.3. The smallest absolute Gasteiger partial charge is 0.870 e. The molecule has 38 heavy (non-hydrogen) atoms. The summed E-state index contributed by atoms with van der Waals surface area (Å²) in [6.07, 6.45) is 0. The molecule has 190 valence electrons. The Kier molecular flexibility index (Phi) is 9.43. The van der Waals surface area contributed by atoms with E-state index in [2.05, 4.69) is 15.5 Å². The van der Waals surface area contributed by atoms with Crippen LogP contribution in [0.4, 0.5) is 17.1 Å². The van der Waals surface area contributed by atoms with Gasteiger partial charge in [0.25, 0.3) is 16.0 Å². The van der Waals surface area contributed by atoms with Crippen LogP contribution in [-0.4, -0.2) is 26.0 Å². The monoisotopic (exact) mass is 581 g/mol. The molecular weight excluding hydrogens is 564 g/mol. The zero-order valence-corrected chi connectivity index (χ0v) is 24.6. The van der Waals surface area contributed by atoms with Gasteiger partial charge in [-0.15, -0.1) is 0 Å². The first-order chi connectivity index (χ1) is 17.5. The van der Waals surface area contributed by atoms with E-state index < -0.39 is 26.7 Å². The van der Waals surface area contributed by atoms with E-state index in [-0.39, 0.29) is 62.1 Å². The van der Waals surface area contributed by atoms with Gasteiger partial charge in [0.15, 0.2) is 0 Å². The number of hydrogen-bond acceptors (Lipinski definition) is 7. The van der Waals surface area contributed by atoms with E-state index in [0.29, 0.717) is 22.2 Å². The molecule has 2 N–H and O–H groups in total. The molecule has 9 nitrogen and oxygen atoms in total. The first-order valence-electron chi connectivity index (χ1n) is 10.6. The van der Waals surface area contributed by atoms with Crippen LogP contribution >= 0.6 is 23.2 Å². The molecule has 4 rings (SSSR count). The van der Waals surface area contributed by atoms with E-state index in [1.54, 1.807) is 36.4 Å². The number of carbonyl (C=O) groups is 1. The summed E-state index contributed by atoms with van der Waals surface area (Å²) < 4.78 is 38.0. The van der Waals surface area contributed by atoms with E-state index in [4.69, 9.17) is 27.9 Å². The molecule has 0 unspecified atom stereocenters. The number of fused-ring (bicyclic) bond motifs is 1. The van der Waals surface area contributed by atoms with Crippen LogP contribution in [0.3, 0.4) is 0 Å². The molecule has 0 saturated carbocycles. The summed E-state index contributed by atoms with van der Waals surface area (Å²) in [5.74, 6) is -0.973. The van der Waals surface area contributed by atoms with Crippen molar-refractivity contribution in [3.8, 4) is 11.5 Å². The number of azo groups is 1. The molecular formula is C25H18Cl2N3NaO6S. The largest absolute Gasteiger partial charge is 1.00 e. The maximum absolute atomic E-state index is 13.3. The molecule has 4 aromatic rings. The summed E-state index contributed by atoms with van der Waals surface area (Å²) in [6.45, 7) is 1.42. The van der Waals surface area contributed by atoms with Gasteiger partial charge >= 0.3 is 29.6 Å². The van der Waals surface area contributed by atoms with Gasteiger partial charge in [0.05, 0.1) is 23.5 Å². The summed E-state index contributed by atoms with van der Waals surface area (Å²) in [4.78, 5) is 12.6.